The molecular weight excluding hydrogens is 188 g/mol. The van der Waals surface area contributed by atoms with Gasteiger partial charge in [-0.1, -0.05) is 0 Å². The van der Waals surface area contributed by atoms with Crippen LogP contribution in [0.25, 0.3) is 0 Å². The minimum absolute atomic E-state index is 0.197. The molecule has 1 heterocycles. The highest BCUT2D eigenvalue weighted by Gasteiger charge is 2.34. The molecule has 2 rings (SSSR count). The SMILES string of the molecule is CC(CNC1CC1)N1CCOCC1(C)C. The monoisotopic (exact) mass is 212 g/mol. The van der Waals surface area contributed by atoms with Crippen molar-refractivity contribution in [3.63, 3.8) is 0 Å². The Balaban J connectivity index is 1.82. The van der Waals surface area contributed by atoms with Crippen LogP contribution in [0.4, 0.5) is 0 Å². The Hall–Kier alpha value is -0.120. The second kappa shape index (κ2) is 4.40. The number of hydrogen-bond acceptors (Lipinski definition) is 3. The molecule has 15 heavy (non-hydrogen) atoms. The molecule has 1 saturated carbocycles. The third kappa shape index (κ3) is 2.92. The zero-order chi connectivity index (χ0) is 10.9. The number of rotatable bonds is 4. The zero-order valence-electron chi connectivity index (χ0n) is 10.3. The van der Waals surface area contributed by atoms with Crippen molar-refractivity contribution in [2.24, 2.45) is 0 Å². The highest BCUT2D eigenvalue weighted by molar-refractivity contribution is 4.90. The third-order valence-electron chi connectivity index (χ3n) is 3.52. The number of hydrogen-bond donors (Lipinski definition) is 1. The maximum Gasteiger partial charge on any atom is 0.0645 e. The maximum absolute atomic E-state index is 5.54. The van der Waals surface area contributed by atoms with Crippen molar-refractivity contribution in [1.29, 1.82) is 0 Å². The average Bonchev–Trinajstić information content (AvgIpc) is 2.97. The third-order valence-corrected chi connectivity index (χ3v) is 3.52. The Morgan fingerprint density at radius 1 is 1.47 bits per heavy atom. The number of ether oxygens (including phenoxy) is 1. The number of morpholine rings is 1. The van der Waals surface area contributed by atoms with Gasteiger partial charge < -0.3 is 10.1 Å². The lowest BCUT2D eigenvalue weighted by Gasteiger charge is -2.45. The average molecular weight is 212 g/mol. The van der Waals surface area contributed by atoms with E-state index in [0.29, 0.717) is 6.04 Å². The smallest absolute Gasteiger partial charge is 0.0645 e. The van der Waals surface area contributed by atoms with Crippen LogP contribution >= 0.6 is 0 Å². The molecule has 1 atom stereocenters. The Bertz CT molecular complexity index is 214. The normalized spacial score (nSPS) is 29.0. The van der Waals surface area contributed by atoms with Gasteiger partial charge in [0.25, 0.3) is 0 Å². The van der Waals surface area contributed by atoms with Crippen molar-refractivity contribution in [3.8, 4) is 0 Å². The van der Waals surface area contributed by atoms with Gasteiger partial charge in [0, 0.05) is 30.7 Å². The summed E-state index contributed by atoms with van der Waals surface area (Å²) >= 11 is 0. The van der Waals surface area contributed by atoms with Gasteiger partial charge in [-0.15, -0.1) is 0 Å². The summed E-state index contributed by atoms with van der Waals surface area (Å²) < 4.78 is 5.54. The molecular formula is C12H24N2O. The largest absolute Gasteiger partial charge is 0.378 e. The lowest BCUT2D eigenvalue weighted by Crippen LogP contribution is -2.58. The molecule has 1 saturated heterocycles. The molecule has 3 nitrogen and oxygen atoms in total. The molecule has 0 aromatic heterocycles. The Kier molecular flexibility index (Phi) is 3.33. The van der Waals surface area contributed by atoms with Crippen molar-refractivity contribution in [3.05, 3.63) is 0 Å². The summed E-state index contributed by atoms with van der Waals surface area (Å²) in [7, 11) is 0. The number of nitrogens with zero attached hydrogens (tertiary/aromatic N) is 1. The number of nitrogens with one attached hydrogen (secondary N) is 1. The van der Waals surface area contributed by atoms with E-state index in [9.17, 15) is 0 Å². The fraction of sp³-hybridized carbons (Fsp3) is 1.00. The van der Waals surface area contributed by atoms with Gasteiger partial charge in [-0.2, -0.15) is 0 Å². The van der Waals surface area contributed by atoms with E-state index in [4.69, 9.17) is 4.74 Å². The summed E-state index contributed by atoms with van der Waals surface area (Å²) in [5.74, 6) is 0. The summed E-state index contributed by atoms with van der Waals surface area (Å²) in [5, 5.41) is 3.61. The Morgan fingerprint density at radius 2 is 2.20 bits per heavy atom. The molecule has 2 fully saturated rings. The van der Waals surface area contributed by atoms with Crippen molar-refractivity contribution < 1.29 is 4.74 Å². The topological polar surface area (TPSA) is 24.5 Å². The molecule has 0 aromatic carbocycles. The first-order chi connectivity index (χ1) is 7.09. The van der Waals surface area contributed by atoms with Gasteiger partial charge in [-0.3, -0.25) is 4.90 Å². The van der Waals surface area contributed by atoms with Crippen molar-refractivity contribution in [1.82, 2.24) is 10.2 Å². The second-order valence-corrected chi connectivity index (χ2v) is 5.59. The molecule has 1 unspecified atom stereocenters. The van der Waals surface area contributed by atoms with Crippen LogP contribution in [0.5, 0.6) is 0 Å². The molecule has 0 radical (unpaired) electrons. The minimum atomic E-state index is 0.197. The van der Waals surface area contributed by atoms with E-state index in [1.165, 1.54) is 12.8 Å². The van der Waals surface area contributed by atoms with E-state index in [2.05, 4.69) is 31.0 Å². The minimum Gasteiger partial charge on any atom is -0.378 e. The summed E-state index contributed by atoms with van der Waals surface area (Å²) in [4.78, 5) is 2.58. The molecule has 88 valence electrons. The van der Waals surface area contributed by atoms with Crippen LogP contribution in [0.3, 0.4) is 0 Å². The quantitative estimate of drug-likeness (QED) is 0.759. The molecule has 2 aliphatic rings. The molecule has 0 amide bonds. The lowest BCUT2D eigenvalue weighted by atomic mass is 10.00. The molecule has 1 N–H and O–H groups in total. The summed E-state index contributed by atoms with van der Waals surface area (Å²) in [6, 6.07) is 1.43. The van der Waals surface area contributed by atoms with Crippen molar-refractivity contribution in [2.75, 3.05) is 26.3 Å². The Labute approximate surface area is 93.2 Å². The van der Waals surface area contributed by atoms with E-state index in [1.807, 2.05) is 0 Å². The van der Waals surface area contributed by atoms with Gasteiger partial charge >= 0.3 is 0 Å². The predicted molar refractivity (Wildman–Crippen MR) is 62.1 cm³/mol. The first kappa shape index (κ1) is 11.4. The highest BCUT2D eigenvalue weighted by atomic mass is 16.5. The lowest BCUT2D eigenvalue weighted by molar-refractivity contribution is -0.0682. The molecule has 1 aliphatic heterocycles. The second-order valence-electron chi connectivity index (χ2n) is 5.59. The summed E-state index contributed by atoms with van der Waals surface area (Å²) in [6.07, 6.45) is 2.75. The predicted octanol–water partition coefficient (Wildman–Crippen LogP) is 1.24. The fourth-order valence-corrected chi connectivity index (χ4v) is 2.42. The maximum atomic E-state index is 5.54. The van der Waals surface area contributed by atoms with Crippen LogP contribution in [-0.2, 0) is 4.74 Å². The molecule has 0 bridgehead atoms. The van der Waals surface area contributed by atoms with Crippen LogP contribution in [0.15, 0.2) is 0 Å². The first-order valence-electron chi connectivity index (χ1n) is 6.17. The standard InChI is InChI=1S/C12H24N2O/c1-10(8-13-11-4-5-11)14-6-7-15-9-12(14,2)3/h10-11,13H,4-9H2,1-3H3. The first-order valence-corrected chi connectivity index (χ1v) is 6.17. The molecule has 1 aliphatic carbocycles. The van der Waals surface area contributed by atoms with Crippen LogP contribution < -0.4 is 5.32 Å². The summed E-state index contributed by atoms with van der Waals surface area (Å²) in [6.45, 7) is 10.8. The van der Waals surface area contributed by atoms with Crippen LogP contribution in [0, 0.1) is 0 Å². The van der Waals surface area contributed by atoms with E-state index < -0.39 is 0 Å². The van der Waals surface area contributed by atoms with Gasteiger partial charge in [0.15, 0.2) is 0 Å². The highest BCUT2D eigenvalue weighted by Crippen LogP contribution is 2.23. The van der Waals surface area contributed by atoms with Crippen LogP contribution in [0.1, 0.15) is 33.6 Å². The van der Waals surface area contributed by atoms with Gasteiger partial charge in [-0.25, -0.2) is 0 Å². The van der Waals surface area contributed by atoms with E-state index in [0.717, 1.165) is 32.3 Å². The molecule has 0 aromatic rings. The van der Waals surface area contributed by atoms with Gasteiger partial charge in [0.1, 0.15) is 0 Å². The van der Waals surface area contributed by atoms with E-state index in [-0.39, 0.29) is 5.54 Å². The van der Waals surface area contributed by atoms with Crippen LogP contribution in [-0.4, -0.2) is 48.8 Å². The summed E-state index contributed by atoms with van der Waals surface area (Å²) in [5.41, 5.74) is 0.197. The van der Waals surface area contributed by atoms with Crippen LogP contribution in [0.2, 0.25) is 0 Å². The van der Waals surface area contributed by atoms with E-state index in [1.54, 1.807) is 0 Å². The van der Waals surface area contributed by atoms with Crippen molar-refractivity contribution >= 4 is 0 Å². The Morgan fingerprint density at radius 3 is 2.80 bits per heavy atom. The van der Waals surface area contributed by atoms with Gasteiger partial charge in [-0.05, 0) is 33.6 Å². The molecule has 0 spiro atoms. The van der Waals surface area contributed by atoms with Crippen molar-refractivity contribution in [2.45, 2.75) is 51.2 Å². The zero-order valence-corrected chi connectivity index (χ0v) is 10.3. The van der Waals surface area contributed by atoms with Gasteiger partial charge in [0.05, 0.1) is 13.2 Å². The van der Waals surface area contributed by atoms with Gasteiger partial charge in [0.2, 0.25) is 0 Å². The fourth-order valence-electron chi connectivity index (χ4n) is 2.42. The van der Waals surface area contributed by atoms with E-state index >= 15 is 0 Å². The molecule has 3 heteroatoms.